The van der Waals surface area contributed by atoms with Crippen molar-refractivity contribution < 1.29 is 8.42 Å². The molecule has 0 unspecified atom stereocenters. The first-order chi connectivity index (χ1) is 9.88. The van der Waals surface area contributed by atoms with Gasteiger partial charge in [0.05, 0.1) is 5.69 Å². The SMILES string of the molecule is Nc1cc(Br)ccc1S(=O)(=O)NCCc1cccc(Cl)c1. The fourth-order valence-corrected chi connectivity index (χ4v) is 3.60. The third kappa shape index (κ3) is 4.44. The highest BCUT2D eigenvalue weighted by Crippen LogP contribution is 2.22. The second-order valence-corrected chi connectivity index (χ2v) is 7.55. The van der Waals surface area contributed by atoms with Crippen LogP contribution in [0.1, 0.15) is 5.56 Å². The van der Waals surface area contributed by atoms with Gasteiger partial charge in [0.2, 0.25) is 10.0 Å². The molecule has 112 valence electrons. The van der Waals surface area contributed by atoms with Gasteiger partial charge in [0.15, 0.2) is 0 Å². The average molecular weight is 390 g/mol. The van der Waals surface area contributed by atoms with Crippen LogP contribution in [0.2, 0.25) is 5.02 Å². The molecule has 3 N–H and O–H groups in total. The van der Waals surface area contributed by atoms with Crippen LogP contribution in [0.3, 0.4) is 0 Å². The van der Waals surface area contributed by atoms with Crippen molar-refractivity contribution in [2.24, 2.45) is 0 Å². The van der Waals surface area contributed by atoms with Crippen molar-refractivity contribution in [3.05, 3.63) is 57.5 Å². The summed E-state index contributed by atoms with van der Waals surface area (Å²) >= 11 is 9.13. The minimum atomic E-state index is -3.62. The van der Waals surface area contributed by atoms with Gasteiger partial charge >= 0.3 is 0 Å². The normalized spacial score (nSPS) is 11.5. The van der Waals surface area contributed by atoms with Crippen LogP contribution in [-0.2, 0) is 16.4 Å². The molecule has 4 nitrogen and oxygen atoms in total. The van der Waals surface area contributed by atoms with Crippen LogP contribution in [-0.4, -0.2) is 15.0 Å². The number of halogens is 2. The number of nitrogens with one attached hydrogen (secondary N) is 1. The lowest BCUT2D eigenvalue weighted by molar-refractivity contribution is 0.582. The van der Waals surface area contributed by atoms with Gasteiger partial charge in [-0.15, -0.1) is 0 Å². The quantitative estimate of drug-likeness (QED) is 0.771. The Morgan fingerprint density at radius 1 is 1.19 bits per heavy atom. The van der Waals surface area contributed by atoms with Gasteiger partial charge in [-0.05, 0) is 42.3 Å². The van der Waals surface area contributed by atoms with Gasteiger partial charge in [0.1, 0.15) is 4.90 Å². The van der Waals surface area contributed by atoms with Crippen LogP contribution >= 0.6 is 27.5 Å². The van der Waals surface area contributed by atoms with Gasteiger partial charge in [-0.25, -0.2) is 13.1 Å². The Bertz CT molecular complexity index is 750. The molecule has 0 aliphatic heterocycles. The number of anilines is 1. The second kappa shape index (κ2) is 6.79. The first-order valence-electron chi connectivity index (χ1n) is 6.17. The van der Waals surface area contributed by atoms with E-state index in [1.54, 1.807) is 18.2 Å². The van der Waals surface area contributed by atoms with E-state index >= 15 is 0 Å². The predicted molar refractivity (Wildman–Crippen MR) is 88.9 cm³/mol. The Kier molecular flexibility index (Phi) is 5.27. The van der Waals surface area contributed by atoms with Crippen molar-refractivity contribution in [2.45, 2.75) is 11.3 Å². The molecule has 2 rings (SSSR count). The summed E-state index contributed by atoms with van der Waals surface area (Å²) in [5.41, 5.74) is 6.92. The molecule has 0 saturated carbocycles. The number of benzene rings is 2. The molecule has 2 aromatic rings. The Labute approximate surface area is 137 Å². The summed E-state index contributed by atoms with van der Waals surface area (Å²) in [7, 11) is -3.62. The fraction of sp³-hybridized carbons (Fsp3) is 0.143. The lowest BCUT2D eigenvalue weighted by Crippen LogP contribution is -2.26. The number of nitrogens with two attached hydrogens (primary N) is 1. The summed E-state index contributed by atoms with van der Waals surface area (Å²) in [6.07, 6.45) is 0.552. The molecule has 0 radical (unpaired) electrons. The van der Waals surface area contributed by atoms with Crippen molar-refractivity contribution in [3.63, 3.8) is 0 Å². The third-order valence-corrected chi connectivity index (χ3v) is 5.12. The smallest absolute Gasteiger partial charge is 0.242 e. The number of nitrogen functional groups attached to an aromatic ring is 1. The largest absolute Gasteiger partial charge is 0.398 e. The maximum atomic E-state index is 12.2. The second-order valence-electron chi connectivity index (χ2n) is 4.46. The van der Waals surface area contributed by atoms with E-state index in [2.05, 4.69) is 20.7 Å². The van der Waals surface area contributed by atoms with Gasteiger partial charge in [0, 0.05) is 16.0 Å². The maximum Gasteiger partial charge on any atom is 0.242 e. The van der Waals surface area contributed by atoms with E-state index in [9.17, 15) is 8.42 Å². The molecule has 0 aliphatic carbocycles. The van der Waals surface area contributed by atoms with Gasteiger partial charge in [-0.3, -0.25) is 0 Å². The zero-order valence-electron chi connectivity index (χ0n) is 11.0. The minimum Gasteiger partial charge on any atom is -0.398 e. The molecular formula is C14H14BrClN2O2S. The maximum absolute atomic E-state index is 12.2. The molecule has 7 heteroatoms. The van der Waals surface area contributed by atoms with E-state index in [4.69, 9.17) is 17.3 Å². The molecule has 0 heterocycles. The third-order valence-electron chi connectivity index (χ3n) is 2.86. The number of sulfonamides is 1. The lowest BCUT2D eigenvalue weighted by atomic mass is 10.2. The monoisotopic (exact) mass is 388 g/mol. The van der Waals surface area contributed by atoms with Crippen LogP contribution in [0, 0.1) is 0 Å². The van der Waals surface area contributed by atoms with E-state index in [0.717, 1.165) is 10.0 Å². The number of rotatable bonds is 5. The highest BCUT2D eigenvalue weighted by Gasteiger charge is 2.16. The first-order valence-corrected chi connectivity index (χ1v) is 8.83. The predicted octanol–water partition coefficient (Wildman–Crippen LogP) is 3.21. The van der Waals surface area contributed by atoms with Gasteiger partial charge in [-0.2, -0.15) is 0 Å². The van der Waals surface area contributed by atoms with Crippen molar-refractivity contribution >= 4 is 43.2 Å². The topological polar surface area (TPSA) is 72.2 Å². The van der Waals surface area contributed by atoms with Crippen molar-refractivity contribution in [2.75, 3.05) is 12.3 Å². The average Bonchev–Trinajstić information content (AvgIpc) is 2.38. The van der Waals surface area contributed by atoms with Gasteiger partial charge in [0.25, 0.3) is 0 Å². The van der Waals surface area contributed by atoms with Crippen LogP contribution in [0.5, 0.6) is 0 Å². The van der Waals surface area contributed by atoms with E-state index in [1.165, 1.54) is 6.07 Å². The van der Waals surface area contributed by atoms with E-state index < -0.39 is 10.0 Å². The zero-order valence-corrected chi connectivity index (χ0v) is 14.2. The molecule has 0 aliphatic rings. The van der Waals surface area contributed by atoms with Crippen LogP contribution in [0.25, 0.3) is 0 Å². The van der Waals surface area contributed by atoms with Crippen LogP contribution in [0.15, 0.2) is 51.8 Å². The first kappa shape index (κ1) is 16.3. The van der Waals surface area contributed by atoms with Gasteiger partial charge in [-0.1, -0.05) is 39.7 Å². The van der Waals surface area contributed by atoms with Crippen LogP contribution in [0.4, 0.5) is 5.69 Å². The van der Waals surface area contributed by atoms with E-state index in [1.807, 2.05) is 18.2 Å². The molecule has 0 atom stereocenters. The highest BCUT2D eigenvalue weighted by atomic mass is 79.9. The van der Waals surface area contributed by atoms with Crippen molar-refractivity contribution in [3.8, 4) is 0 Å². The standard InChI is InChI=1S/C14H14BrClN2O2S/c15-11-4-5-14(13(17)9-11)21(19,20)18-7-6-10-2-1-3-12(16)8-10/h1-5,8-9,18H,6-7,17H2. The molecular weight excluding hydrogens is 376 g/mol. The molecule has 2 aromatic carbocycles. The molecule has 0 spiro atoms. The number of hydrogen-bond acceptors (Lipinski definition) is 3. The molecule has 21 heavy (non-hydrogen) atoms. The van der Waals surface area contributed by atoms with Crippen molar-refractivity contribution in [1.82, 2.24) is 4.72 Å². The lowest BCUT2D eigenvalue weighted by Gasteiger charge is -2.09. The molecule has 0 saturated heterocycles. The summed E-state index contributed by atoms with van der Waals surface area (Å²) in [6.45, 7) is 0.276. The molecule has 0 bridgehead atoms. The summed E-state index contributed by atoms with van der Waals surface area (Å²) in [5.74, 6) is 0. The Balaban J connectivity index is 2.05. The van der Waals surface area contributed by atoms with Crippen molar-refractivity contribution in [1.29, 1.82) is 0 Å². The summed E-state index contributed by atoms with van der Waals surface area (Å²) in [5, 5.41) is 0.632. The minimum absolute atomic E-state index is 0.0804. The summed E-state index contributed by atoms with van der Waals surface area (Å²) in [6, 6.07) is 12.0. The van der Waals surface area contributed by atoms with Crippen LogP contribution < -0.4 is 10.5 Å². The molecule has 0 amide bonds. The zero-order chi connectivity index (χ0) is 15.5. The van der Waals surface area contributed by atoms with E-state index in [0.29, 0.717) is 11.4 Å². The number of hydrogen-bond donors (Lipinski definition) is 2. The fourth-order valence-electron chi connectivity index (χ4n) is 1.86. The van der Waals surface area contributed by atoms with E-state index in [-0.39, 0.29) is 17.1 Å². The Morgan fingerprint density at radius 2 is 1.95 bits per heavy atom. The highest BCUT2D eigenvalue weighted by molar-refractivity contribution is 9.10. The summed E-state index contributed by atoms with van der Waals surface area (Å²) < 4.78 is 27.6. The molecule has 0 fully saturated rings. The Hall–Kier alpha value is -1.08. The van der Waals surface area contributed by atoms with Gasteiger partial charge < -0.3 is 5.73 Å². The summed E-state index contributed by atoms with van der Waals surface area (Å²) in [4.78, 5) is 0.0804. The molecule has 0 aromatic heterocycles. The Morgan fingerprint density at radius 3 is 2.62 bits per heavy atom.